The number of benzene rings is 1. The molecule has 3 rings (SSSR count). The van der Waals surface area contributed by atoms with E-state index in [1.165, 1.54) is 0 Å². The fourth-order valence-electron chi connectivity index (χ4n) is 3.19. The molecule has 0 saturated heterocycles. The minimum atomic E-state index is -0.314. The van der Waals surface area contributed by atoms with E-state index in [0.717, 1.165) is 54.2 Å². The Bertz CT molecular complexity index is 605. The van der Waals surface area contributed by atoms with Gasteiger partial charge in [-0.15, -0.1) is 0 Å². The van der Waals surface area contributed by atoms with Gasteiger partial charge in [-0.1, -0.05) is 19.4 Å². The molecule has 1 saturated carbocycles. The first-order chi connectivity index (χ1) is 10.00. The fourth-order valence-corrected chi connectivity index (χ4v) is 3.19. The average molecular weight is 286 g/mol. The summed E-state index contributed by atoms with van der Waals surface area (Å²) in [6.45, 7) is 4.60. The zero-order chi connectivity index (χ0) is 15.2. The minimum absolute atomic E-state index is 0.0234. The Kier molecular flexibility index (Phi) is 3.36. The van der Waals surface area contributed by atoms with Gasteiger partial charge in [0.15, 0.2) is 0 Å². The maximum atomic E-state index is 12.6. The second kappa shape index (κ2) is 4.95. The van der Waals surface area contributed by atoms with Crippen molar-refractivity contribution in [2.24, 2.45) is 5.73 Å². The van der Waals surface area contributed by atoms with E-state index in [0.29, 0.717) is 6.54 Å². The first-order valence-corrected chi connectivity index (χ1v) is 7.69. The third kappa shape index (κ3) is 2.27. The number of aryl methyl sites for hydroxylation is 1. The lowest BCUT2D eigenvalue weighted by atomic mass is 9.96. The van der Waals surface area contributed by atoms with Gasteiger partial charge >= 0.3 is 0 Å². The van der Waals surface area contributed by atoms with E-state index in [2.05, 4.69) is 6.07 Å². The van der Waals surface area contributed by atoms with Crippen LogP contribution in [-0.4, -0.2) is 23.1 Å². The molecule has 1 unspecified atom stereocenters. The van der Waals surface area contributed by atoms with Gasteiger partial charge < -0.3 is 15.4 Å². The fraction of sp³-hybridized carbons (Fsp3) is 0.529. The van der Waals surface area contributed by atoms with Crippen LogP contribution in [-0.2, 0) is 16.9 Å². The van der Waals surface area contributed by atoms with Crippen LogP contribution in [0.1, 0.15) is 59.7 Å². The van der Waals surface area contributed by atoms with E-state index in [-0.39, 0.29) is 17.5 Å². The van der Waals surface area contributed by atoms with Gasteiger partial charge in [0, 0.05) is 17.6 Å². The molecular formula is C17H22N2O2. The molecular weight excluding hydrogens is 264 g/mol. The summed E-state index contributed by atoms with van der Waals surface area (Å²) in [5.41, 5.74) is 9.99. The summed E-state index contributed by atoms with van der Waals surface area (Å²) >= 11 is 0. The molecule has 1 atom stereocenters. The van der Waals surface area contributed by atoms with Crippen molar-refractivity contribution in [2.75, 3.05) is 0 Å². The van der Waals surface area contributed by atoms with E-state index in [4.69, 9.17) is 5.73 Å². The van der Waals surface area contributed by atoms with Gasteiger partial charge in [0.2, 0.25) is 0 Å². The summed E-state index contributed by atoms with van der Waals surface area (Å²) in [5, 5.41) is 0. The Morgan fingerprint density at radius 3 is 2.71 bits per heavy atom. The van der Waals surface area contributed by atoms with Gasteiger partial charge in [0.05, 0.1) is 6.04 Å². The summed E-state index contributed by atoms with van der Waals surface area (Å²) in [7, 11) is 0. The number of hydrogen-bond donors (Lipinski definition) is 1. The molecule has 1 aliphatic heterocycles. The maximum Gasteiger partial charge on any atom is 0.255 e. The summed E-state index contributed by atoms with van der Waals surface area (Å²) < 4.78 is 0. The number of hydrogen-bond acceptors (Lipinski definition) is 3. The number of aldehydes is 1. The number of carbonyl (C=O) groups excluding carboxylic acids is 2. The molecule has 4 nitrogen and oxygen atoms in total. The highest BCUT2D eigenvalue weighted by atomic mass is 16.2. The van der Waals surface area contributed by atoms with Gasteiger partial charge in [0.25, 0.3) is 5.91 Å². The molecule has 1 fully saturated rings. The number of amides is 1. The van der Waals surface area contributed by atoms with Crippen molar-refractivity contribution in [3.63, 3.8) is 0 Å². The maximum absolute atomic E-state index is 12.6. The molecule has 1 amide bonds. The predicted molar refractivity (Wildman–Crippen MR) is 80.9 cm³/mol. The molecule has 1 aromatic carbocycles. The zero-order valence-corrected chi connectivity index (χ0v) is 12.7. The zero-order valence-electron chi connectivity index (χ0n) is 12.7. The monoisotopic (exact) mass is 286 g/mol. The number of carbonyl (C=O) groups is 2. The average Bonchev–Trinajstić information content (AvgIpc) is 3.13. The number of fused-ring (bicyclic) bond motifs is 1. The van der Waals surface area contributed by atoms with Crippen LogP contribution in [0.2, 0.25) is 0 Å². The van der Waals surface area contributed by atoms with Gasteiger partial charge in [-0.3, -0.25) is 4.79 Å². The lowest BCUT2D eigenvalue weighted by Crippen LogP contribution is -2.36. The van der Waals surface area contributed by atoms with Crippen molar-refractivity contribution in [2.45, 2.75) is 57.7 Å². The Balaban J connectivity index is 1.96. The Morgan fingerprint density at radius 1 is 1.43 bits per heavy atom. The van der Waals surface area contributed by atoms with Crippen LogP contribution in [0.3, 0.4) is 0 Å². The van der Waals surface area contributed by atoms with Crippen LogP contribution >= 0.6 is 0 Å². The van der Waals surface area contributed by atoms with Gasteiger partial charge in [0.1, 0.15) is 6.29 Å². The van der Waals surface area contributed by atoms with E-state index < -0.39 is 0 Å². The van der Waals surface area contributed by atoms with Gasteiger partial charge in [-0.25, -0.2) is 0 Å². The molecule has 1 aliphatic carbocycles. The molecule has 1 heterocycles. The molecule has 0 spiro atoms. The van der Waals surface area contributed by atoms with Crippen LogP contribution in [0.4, 0.5) is 0 Å². The SMILES string of the molecule is CCCC(C=O)N1Cc2c(C)cc(C3(N)CC3)cc2C1=O. The lowest BCUT2D eigenvalue weighted by Gasteiger charge is -2.22. The number of nitrogens with zero attached hydrogens (tertiary/aromatic N) is 1. The Morgan fingerprint density at radius 2 is 2.14 bits per heavy atom. The number of rotatable bonds is 5. The van der Waals surface area contributed by atoms with Crippen molar-refractivity contribution in [3.05, 3.63) is 34.4 Å². The van der Waals surface area contributed by atoms with Crippen LogP contribution < -0.4 is 5.73 Å². The van der Waals surface area contributed by atoms with Crippen molar-refractivity contribution in [1.82, 2.24) is 4.90 Å². The molecule has 2 N–H and O–H groups in total. The topological polar surface area (TPSA) is 63.4 Å². The molecule has 2 aliphatic rings. The van der Waals surface area contributed by atoms with Crippen molar-refractivity contribution >= 4 is 12.2 Å². The number of nitrogens with two attached hydrogens (primary N) is 1. The molecule has 0 bridgehead atoms. The van der Waals surface area contributed by atoms with Crippen LogP contribution in [0.5, 0.6) is 0 Å². The smallest absolute Gasteiger partial charge is 0.255 e. The Labute approximate surface area is 125 Å². The molecule has 21 heavy (non-hydrogen) atoms. The summed E-state index contributed by atoms with van der Waals surface area (Å²) in [6.07, 6.45) is 4.47. The highest BCUT2D eigenvalue weighted by Crippen LogP contribution is 2.44. The third-order valence-electron chi connectivity index (χ3n) is 4.80. The van der Waals surface area contributed by atoms with Crippen molar-refractivity contribution < 1.29 is 9.59 Å². The predicted octanol–water partition coefficient (Wildman–Crippen LogP) is 2.27. The molecule has 112 valence electrons. The highest BCUT2D eigenvalue weighted by molar-refractivity contribution is 6.00. The minimum Gasteiger partial charge on any atom is -0.325 e. The van der Waals surface area contributed by atoms with Crippen LogP contribution in [0.25, 0.3) is 0 Å². The van der Waals surface area contributed by atoms with Crippen LogP contribution in [0, 0.1) is 6.92 Å². The largest absolute Gasteiger partial charge is 0.325 e. The van der Waals surface area contributed by atoms with E-state index in [1.54, 1.807) is 4.90 Å². The third-order valence-corrected chi connectivity index (χ3v) is 4.80. The van der Waals surface area contributed by atoms with Crippen molar-refractivity contribution in [3.8, 4) is 0 Å². The molecule has 4 heteroatoms. The second-order valence-electron chi connectivity index (χ2n) is 6.40. The molecule has 0 radical (unpaired) electrons. The first kappa shape index (κ1) is 14.3. The second-order valence-corrected chi connectivity index (χ2v) is 6.40. The van der Waals surface area contributed by atoms with E-state index in [1.807, 2.05) is 19.9 Å². The van der Waals surface area contributed by atoms with E-state index >= 15 is 0 Å². The quantitative estimate of drug-likeness (QED) is 0.845. The Hall–Kier alpha value is -1.68. The lowest BCUT2D eigenvalue weighted by molar-refractivity contribution is -0.112. The summed E-state index contributed by atoms with van der Waals surface area (Å²) in [6, 6.07) is 3.75. The van der Waals surface area contributed by atoms with Gasteiger partial charge in [-0.05, 0) is 48.9 Å². The first-order valence-electron chi connectivity index (χ1n) is 7.69. The standard InChI is InChI=1S/C17H22N2O2/c1-3-4-13(10-20)19-9-15-11(2)7-12(17(18)5-6-17)8-14(15)16(19)21/h7-8,10,13H,3-6,9,18H2,1-2H3. The van der Waals surface area contributed by atoms with E-state index in [9.17, 15) is 9.59 Å². The van der Waals surface area contributed by atoms with Crippen molar-refractivity contribution in [1.29, 1.82) is 0 Å². The molecule has 1 aromatic rings. The summed E-state index contributed by atoms with van der Waals surface area (Å²) in [4.78, 5) is 25.6. The molecule has 0 aromatic heterocycles. The normalized spacial score (nSPS) is 20.3. The van der Waals surface area contributed by atoms with Crippen LogP contribution in [0.15, 0.2) is 12.1 Å². The summed E-state index contributed by atoms with van der Waals surface area (Å²) in [5.74, 6) is -0.0234. The highest BCUT2D eigenvalue weighted by Gasteiger charge is 2.42. The van der Waals surface area contributed by atoms with Gasteiger partial charge in [-0.2, -0.15) is 0 Å².